The second-order valence-electron chi connectivity index (χ2n) is 5.11. The van der Waals surface area contributed by atoms with Crippen LogP contribution in [0.25, 0.3) is 0 Å². The van der Waals surface area contributed by atoms with Crippen LogP contribution in [-0.4, -0.2) is 42.5 Å². The van der Waals surface area contributed by atoms with E-state index in [1.807, 2.05) is 0 Å². The molecule has 0 aromatic heterocycles. The molecule has 14 heavy (non-hydrogen) atoms. The Kier molecular flexibility index (Phi) is 3.10. The number of thiol groups is 1. The highest BCUT2D eigenvalue weighted by Gasteiger charge is 2.43. The summed E-state index contributed by atoms with van der Waals surface area (Å²) >= 11 is 4.45. The fourth-order valence-corrected chi connectivity index (χ4v) is 2.85. The van der Waals surface area contributed by atoms with Crippen LogP contribution >= 0.6 is 12.6 Å². The summed E-state index contributed by atoms with van der Waals surface area (Å²) in [6.07, 6.45) is 3.54. The van der Waals surface area contributed by atoms with Crippen molar-refractivity contribution in [3.8, 4) is 0 Å². The fourth-order valence-electron chi connectivity index (χ4n) is 2.43. The maximum Gasteiger partial charge on any atom is 0.0678 e. The number of hydrogen-bond acceptors (Lipinski definition) is 3. The molecule has 2 fully saturated rings. The van der Waals surface area contributed by atoms with Gasteiger partial charge in [0.2, 0.25) is 0 Å². The van der Waals surface area contributed by atoms with Crippen molar-refractivity contribution in [2.24, 2.45) is 5.41 Å². The van der Waals surface area contributed by atoms with E-state index in [0.29, 0.717) is 17.6 Å². The normalized spacial score (nSPS) is 37.1. The molecule has 0 aromatic rings. The highest BCUT2D eigenvalue weighted by Crippen LogP contribution is 2.47. The van der Waals surface area contributed by atoms with E-state index in [0.717, 1.165) is 18.8 Å². The van der Waals surface area contributed by atoms with Crippen molar-refractivity contribution in [2.75, 3.05) is 25.4 Å². The molecule has 0 aromatic carbocycles. The van der Waals surface area contributed by atoms with Crippen molar-refractivity contribution in [3.63, 3.8) is 0 Å². The quantitative estimate of drug-likeness (QED) is 0.721. The van der Waals surface area contributed by atoms with E-state index in [-0.39, 0.29) is 0 Å². The van der Waals surface area contributed by atoms with Crippen LogP contribution in [0.4, 0.5) is 0 Å². The van der Waals surface area contributed by atoms with Gasteiger partial charge in [0.25, 0.3) is 0 Å². The van der Waals surface area contributed by atoms with Gasteiger partial charge in [-0.25, -0.2) is 0 Å². The first-order valence-corrected chi connectivity index (χ1v) is 6.25. The molecular formula is C11H21NOS. The summed E-state index contributed by atoms with van der Waals surface area (Å²) in [5.41, 5.74) is 0.555. The summed E-state index contributed by atoms with van der Waals surface area (Å²) in [5.74, 6) is 1.05. The third-order valence-electron chi connectivity index (χ3n) is 3.35. The fraction of sp³-hybridized carbons (Fsp3) is 1.00. The predicted octanol–water partition coefficient (Wildman–Crippen LogP) is 1.81. The topological polar surface area (TPSA) is 12.5 Å². The number of nitrogens with zero attached hydrogens (tertiary/aromatic N) is 1. The van der Waals surface area contributed by atoms with Gasteiger partial charge in [-0.2, -0.15) is 12.6 Å². The van der Waals surface area contributed by atoms with Crippen LogP contribution in [-0.2, 0) is 4.74 Å². The molecule has 2 unspecified atom stereocenters. The molecule has 0 spiro atoms. The largest absolute Gasteiger partial charge is 0.373 e. The third kappa shape index (κ3) is 2.44. The van der Waals surface area contributed by atoms with Crippen LogP contribution in [0.1, 0.15) is 26.7 Å². The summed E-state index contributed by atoms with van der Waals surface area (Å²) in [5, 5.41) is 0. The molecule has 2 atom stereocenters. The second kappa shape index (κ2) is 4.03. The predicted molar refractivity (Wildman–Crippen MR) is 62.0 cm³/mol. The Bertz CT molecular complexity index is 195. The Morgan fingerprint density at radius 2 is 1.86 bits per heavy atom. The summed E-state index contributed by atoms with van der Waals surface area (Å²) in [7, 11) is 0. The van der Waals surface area contributed by atoms with Gasteiger partial charge in [0.1, 0.15) is 0 Å². The maximum atomic E-state index is 5.72. The van der Waals surface area contributed by atoms with Crippen molar-refractivity contribution >= 4 is 12.6 Å². The van der Waals surface area contributed by atoms with E-state index in [1.165, 1.54) is 19.4 Å². The summed E-state index contributed by atoms with van der Waals surface area (Å²) < 4.78 is 5.72. The van der Waals surface area contributed by atoms with Gasteiger partial charge in [-0.05, 0) is 37.9 Å². The molecule has 1 aliphatic carbocycles. The lowest BCUT2D eigenvalue weighted by atomic mass is 10.1. The zero-order chi connectivity index (χ0) is 10.2. The Labute approximate surface area is 92.4 Å². The number of rotatable bonds is 3. The summed E-state index contributed by atoms with van der Waals surface area (Å²) in [6.45, 7) is 7.76. The molecule has 2 nitrogen and oxygen atoms in total. The van der Waals surface area contributed by atoms with Crippen molar-refractivity contribution < 1.29 is 4.74 Å². The third-order valence-corrected chi connectivity index (χ3v) is 4.02. The lowest BCUT2D eigenvalue weighted by molar-refractivity contribution is -0.0717. The van der Waals surface area contributed by atoms with Gasteiger partial charge < -0.3 is 4.74 Å². The van der Waals surface area contributed by atoms with Crippen LogP contribution in [0.15, 0.2) is 0 Å². The minimum atomic E-state index is 0.398. The van der Waals surface area contributed by atoms with Gasteiger partial charge in [0.05, 0.1) is 12.2 Å². The number of hydrogen-bond donors (Lipinski definition) is 1. The highest BCUT2D eigenvalue weighted by molar-refractivity contribution is 7.80. The molecule has 1 aliphatic heterocycles. The Hall–Kier alpha value is 0.270. The van der Waals surface area contributed by atoms with E-state index in [9.17, 15) is 0 Å². The molecule has 1 saturated carbocycles. The van der Waals surface area contributed by atoms with E-state index in [2.05, 4.69) is 31.4 Å². The van der Waals surface area contributed by atoms with Gasteiger partial charge in [-0.1, -0.05) is 0 Å². The molecular weight excluding hydrogens is 194 g/mol. The van der Waals surface area contributed by atoms with E-state index in [1.54, 1.807) is 0 Å². The minimum absolute atomic E-state index is 0.398. The molecule has 2 rings (SSSR count). The van der Waals surface area contributed by atoms with Crippen LogP contribution in [0.3, 0.4) is 0 Å². The Balaban J connectivity index is 1.85. The molecule has 3 heteroatoms. The smallest absolute Gasteiger partial charge is 0.0678 e. The van der Waals surface area contributed by atoms with Crippen LogP contribution in [0.5, 0.6) is 0 Å². The van der Waals surface area contributed by atoms with Crippen molar-refractivity contribution in [3.05, 3.63) is 0 Å². The average Bonchev–Trinajstić information content (AvgIpc) is 2.83. The monoisotopic (exact) mass is 215 g/mol. The molecule has 1 heterocycles. The number of ether oxygens (including phenoxy) is 1. The van der Waals surface area contributed by atoms with Crippen molar-refractivity contribution in [2.45, 2.75) is 38.9 Å². The van der Waals surface area contributed by atoms with Gasteiger partial charge in [-0.3, -0.25) is 4.90 Å². The Morgan fingerprint density at radius 1 is 1.29 bits per heavy atom. The SMILES string of the molecule is CC1CN(CC2(CS)CC2)CC(C)O1. The lowest BCUT2D eigenvalue weighted by Crippen LogP contribution is -2.47. The first-order chi connectivity index (χ1) is 6.63. The minimum Gasteiger partial charge on any atom is -0.373 e. The molecule has 82 valence electrons. The van der Waals surface area contributed by atoms with E-state index < -0.39 is 0 Å². The van der Waals surface area contributed by atoms with Gasteiger partial charge in [0.15, 0.2) is 0 Å². The van der Waals surface area contributed by atoms with Crippen LogP contribution in [0.2, 0.25) is 0 Å². The van der Waals surface area contributed by atoms with Gasteiger partial charge in [-0.15, -0.1) is 0 Å². The van der Waals surface area contributed by atoms with E-state index >= 15 is 0 Å². The van der Waals surface area contributed by atoms with Crippen LogP contribution < -0.4 is 0 Å². The highest BCUT2D eigenvalue weighted by atomic mass is 32.1. The van der Waals surface area contributed by atoms with Crippen LogP contribution in [0, 0.1) is 5.41 Å². The Morgan fingerprint density at radius 3 is 2.29 bits per heavy atom. The van der Waals surface area contributed by atoms with Gasteiger partial charge in [0, 0.05) is 19.6 Å². The maximum absolute atomic E-state index is 5.72. The molecule has 2 aliphatic rings. The first-order valence-electron chi connectivity index (χ1n) is 5.62. The summed E-state index contributed by atoms with van der Waals surface area (Å²) in [4.78, 5) is 2.56. The van der Waals surface area contributed by atoms with Crippen molar-refractivity contribution in [1.29, 1.82) is 0 Å². The molecule has 0 amide bonds. The average molecular weight is 215 g/mol. The zero-order valence-electron chi connectivity index (χ0n) is 9.20. The number of morpholine rings is 1. The van der Waals surface area contributed by atoms with Gasteiger partial charge >= 0.3 is 0 Å². The van der Waals surface area contributed by atoms with Crippen molar-refractivity contribution in [1.82, 2.24) is 4.90 Å². The molecule has 0 N–H and O–H groups in total. The summed E-state index contributed by atoms with van der Waals surface area (Å²) in [6, 6.07) is 0. The second-order valence-corrected chi connectivity index (χ2v) is 5.43. The zero-order valence-corrected chi connectivity index (χ0v) is 10.1. The molecule has 1 saturated heterocycles. The first kappa shape index (κ1) is 10.8. The van der Waals surface area contributed by atoms with E-state index in [4.69, 9.17) is 4.74 Å². The lowest BCUT2D eigenvalue weighted by Gasteiger charge is -2.37. The molecule has 0 bridgehead atoms. The standard InChI is InChI=1S/C11H21NOS/c1-9-5-12(6-10(2)13-9)7-11(8-14)3-4-11/h9-10,14H,3-8H2,1-2H3. The molecule has 0 radical (unpaired) electrons.